The van der Waals surface area contributed by atoms with Crippen molar-refractivity contribution in [1.82, 2.24) is 5.32 Å². The van der Waals surface area contributed by atoms with Gasteiger partial charge in [-0.25, -0.2) is 0 Å². The van der Waals surface area contributed by atoms with Gasteiger partial charge in [-0.15, -0.1) is 0 Å². The number of aryl methyl sites for hydroxylation is 1. The first-order valence-electron chi connectivity index (χ1n) is 7.25. The molecule has 0 saturated heterocycles. The number of hydrogen-bond donors (Lipinski definition) is 3. The van der Waals surface area contributed by atoms with Gasteiger partial charge < -0.3 is 10.8 Å². The smallest absolute Gasteiger partial charge is 0.320 e. The van der Waals surface area contributed by atoms with Gasteiger partial charge in [-0.05, 0) is 31.7 Å². The average Bonchev–Trinajstić information content (AvgIpc) is 2.46. The Morgan fingerprint density at radius 2 is 2.27 bits per heavy atom. The van der Waals surface area contributed by atoms with E-state index in [2.05, 4.69) is 16.4 Å². The molecule has 0 aliphatic heterocycles. The maximum Gasteiger partial charge on any atom is 0.320 e. The third-order valence-electron chi connectivity index (χ3n) is 3.20. The van der Waals surface area contributed by atoms with Gasteiger partial charge in [0, 0.05) is 13.0 Å². The Bertz CT molecular complexity index is 564. The topological polar surface area (TPSA) is 112 Å². The number of benzene rings is 1. The molecule has 0 amide bonds. The van der Waals surface area contributed by atoms with Crippen molar-refractivity contribution in [3.05, 3.63) is 35.4 Å². The Balaban J connectivity index is 2.46. The molecule has 0 saturated carbocycles. The third kappa shape index (κ3) is 6.86. The van der Waals surface area contributed by atoms with Crippen molar-refractivity contribution in [1.29, 1.82) is 5.26 Å². The zero-order valence-electron chi connectivity index (χ0n) is 12.7. The summed E-state index contributed by atoms with van der Waals surface area (Å²) >= 11 is 0. The molecule has 0 fully saturated rings. The number of aliphatic imine (C=N–C) groups is 1. The lowest BCUT2D eigenvalue weighted by atomic mass is 10.1. The SMILES string of the molecule is Cc1cccc(CC(=NCCCC[C@H](N)C(=O)O)NC#N)c1. The molecular weight excluding hydrogens is 280 g/mol. The molecule has 0 radical (unpaired) electrons. The fraction of sp³-hybridized carbons (Fsp3) is 0.438. The molecule has 0 bridgehead atoms. The van der Waals surface area contributed by atoms with E-state index in [1.54, 1.807) is 0 Å². The molecule has 6 heteroatoms. The fourth-order valence-electron chi connectivity index (χ4n) is 2.03. The summed E-state index contributed by atoms with van der Waals surface area (Å²) in [5.74, 6) is -0.356. The third-order valence-corrected chi connectivity index (χ3v) is 3.20. The first-order valence-corrected chi connectivity index (χ1v) is 7.25. The van der Waals surface area contributed by atoms with E-state index in [1.165, 1.54) is 0 Å². The highest BCUT2D eigenvalue weighted by molar-refractivity contribution is 5.85. The quantitative estimate of drug-likeness (QED) is 0.222. The van der Waals surface area contributed by atoms with E-state index < -0.39 is 12.0 Å². The summed E-state index contributed by atoms with van der Waals surface area (Å²) in [6, 6.07) is 7.23. The first kappa shape index (κ1) is 17.7. The standard InChI is InChI=1S/C16H22N4O2/c1-12-5-4-6-13(9-12)10-15(20-11-17)19-8-3-2-7-14(18)16(21)22/h4-6,9,14H,2-3,7-8,10,18H2,1H3,(H,19,20)(H,21,22)/t14-/m0/s1. The second-order valence-electron chi connectivity index (χ2n) is 5.17. The van der Waals surface area contributed by atoms with Gasteiger partial charge in [-0.1, -0.05) is 29.8 Å². The zero-order chi connectivity index (χ0) is 16.4. The Morgan fingerprint density at radius 1 is 1.50 bits per heavy atom. The van der Waals surface area contributed by atoms with E-state index in [9.17, 15) is 4.79 Å². The minimum absolute atomic E-state index is 0.434. The summed E-state index contributed by atoms with van der Waals surface area (Å²) in [5.41, 5.74) is 7.69. The van der Waals surface area contributed by atoms with Crippen LogP contribution in [0.1, 0.15) is 30.4 Å². The Hall–Kier alpha value is -2.39. The number of rotatable bonds is 8. The summed E-state index contributed by atoms with van der Waals surface area (Å²) in [6.45, 7) is 2.56. The molecule has 0 aromatic heterocycles. The van der Waals surface area contributed by atoms with Crippen molar-refractivity contribution in [2.24, 2.45) is 10.7 Å². The van der Waals surface area contributed by atoms with E-state index in [0.29, 0.717) is 31.6 Å². The highest BCUT2D eigenvalue weighted by atomic mass is 16.4. The number of nitrogens with one attached hydrogen (secondary N) is 1. The van der Waals surface area contributed by atoms with Crippen LogP contribution in [0, 0.1) is 18.4 Å². The molecule has 6 nitrogen and oxygen atoms in total. The van der Waals surface area contributed by atoms with Crippen molar-refractivity contribution in [3.8, 4) is 6.19 Å². The van der Waals surface area contributed by atoms with Crippen molar-refractivity contribution in [2.45, 2.75) is 38.6 Å². The van der Waals surface area contributed by atoms with Crippen LogP contribution in [-0.4, -0.2) is 29.5 Å². The van der Waals surface area contributed by atoms with Crippen LogP contribution in [0.25, 0.3) is 0 Å². The normalized spacial score (nSPS) is 12.5. The van der Waals surface area contributed by atoms with Gasteiger partial charge in [0.15, 0.2) is 6.19 Å². The van der Waals surface area contributed by atoms with Crippen molar-refractivity contribution in [3.63, 3.8) is 0 Å². The number of nitrogens with two attached hydrogens (primary N) is 1. The Labute approximate surface area is 130 Å². The Kier molecular flexibility index (Phi) is 7.65. The molecule has 0 heterocycles. The summed E-state index contributed by atoms with van der Waals surface area (Å²) < 4.78 is 0. The molecule has 1 aromatic rings. The van der Waals surface area contributed by atoms with Gasteiger partial charge in [0.1, 0.15) is 11.9 Å². The number of hydrogen-bond acceptors (Lipinski definition) is 4. The number of amidine groups is 1. The number of aliphatic carboxylic acids is 1. The molecule has 4 N–H and O–H groups in total. The average molecular weight is 302 g/mol. The van der Waals surface area contributed by atoms with Crippen LogP contribution in [0.2, 0.25) is 0 Å². The summed E-state index contributed by atoms with van der Waals surface area (Å²) in [7, 11) is 0. The van der Waals surface area contributed by atoms with Gasteiger partial charge in [0.05, 0.1) is 0 Å². The van der Waals surface area contributed by atoms with E-state index in [4.69, 9.17) is 16.1 Å². The maximum atomic E-state index is 10.6. The largest absolute Gasteiger partial charge is 0.480 e. The summed E-state index contributed by atoms with van der Waals surface area (Å²) in [5, 5.41) is 20.1. The van der Waals surface area contributed by atoms with Crippen LogP contribution >= 0.6 is 0 Å². The molecule has 0 unspecified atom stereocenters. The van der Waals surface area contributed by atoms with Crippen LogP contribution in [-0.2, 0) is 11.2 Å². The molecular formula is C16H22N4O2. The molecule has 0 aliphatic rings. The van der Waals surface area contributed by atoms with Crippen molar-refractivity contribution in [2.75, 3.05) is 6.54 Å². The second kappa shape index (κ2) is 9.53. The molecule has 1 rings (SSSR count). The first-order chi connectivity index (χ1) is 10.5. The molecule has 0 spiro atoms. The monoisotopic (exact) mass is 302 g/mol. The minimum Gasteiger partial charge on any atom is -0.480 e. The highest BCUT2D eigenvalue weighted by Crippen LogP contribution is 2.06. The number of unbranched alkanes of at least 4 members (excludes halogenated alkanes) is 1. The number of carboxylic acid groups (broad SMARTS) is 1. The van der Waals surface area contributed by atoms with Crippen LogP contribution in [0.3, 0.4) is 0 Å². The molecule has 1 atom stereocenters. The Morgan fingerprint density at radius 3 is 2.91 bits per heavy atom. The minimum atomic E-state index is -0.977. The van der Waals surface area contributed by atoms with E-state index >= 15 is 0 Å². The van der Waals surface area contributed by atoms with Gasteiger partial charge >= 0.3 is 5.97 Å². The maximum absolute atomic E-state index is 10.6. The van der Waals surface area contributed by atoms with E-state index in [-0.39, 0.29) is 0 Å². The predicted molar refractivity (Wildman–Crippen MR) is 85.4 cm³/mol. The van der Waals surface area contributed by atoms with Gasteiger partial charge in [0.2, 0.25) is 0 Å². The molecule has 22 heavy (non-hydrogen) atoms. The van der Waals surface area contributed by atoms with Gasteiger partial charge in [0.25, 0.3) is 0 Å². The summed E-state index contributed by atoms with van der Waals surface area (Å²) in [4.78, 5) is 15.0. The van der Waals surface area contributed by atoms with Crippen molar-refractivity contribution >= 4 is 11.8 Å². The molecule has 118 valence electrons. The number of nitrogens with zero attached hydrogens (tertiary/aromatic N) is 2. The second-order valence-corrected chi connectivity index (χ2v) is 5.17. The fourth-order valence-corrected chi connectivity index (χ4v) is 2.03. The lowest BCUT2D eigenvalue weighted by molar-refractivity contribution is -0.138. The van der Waals surface area contributed by atoms with Crippen LogP contribution < -0.4 is 11.1 Å². The van der Waals surface area contributed by atoms with Crippen LogP contribution in [0.4, 0.5) is 0 Å². The lowest BCUT2D eigenvalue weighted by Gasteiger charge is -2.07. The molecule has 0 aliphatic carbocycles. The predicted octanol–water partition coefficient (Wildman–Crippen LogP) is 1.59. The van der Waals surface area contributed by atoms with Gasteiger partial charge in [-0.3, -0.25) is 15.1 Å². The number of carboxylic acids is 1. The van der Waals surface area contributed by atoms with Gasteiger partial charge in [-0.2, -0.15) is 5.26 Å². The van der Waals surface area contributed by atoms with E-state index in [1.807, 2.05) is 31.3 Å². The van der Waals surface area contributed by atoms with E-state index in [0.717, 1.165) is 17.5 Å². The number of nitriles is 1. The van der Waals surface area contributed by atoms with Crippen LogP contribution in [0.5, 0.6) is 0 Å². The number of carbonyl (C=O) groups is 1. The highest BCUT2D eigenvalue weighted by Gasteiger charge is 2.09. The molecule has 1 aromatic carbocycles. The lowest BCUT2D eigenvalue weighted by Crippen LogP contribution is -2.29. The zero-order valence-corrected chi connectivity index (χ0v) is 12.7. The van der Waals surface area contributed by atoms with Crippen molar-refractivity contribution < 1.29 is 9.90 Å². The van der Waals surface area contributed by atoms with Crippen LogP contribution in [0.15, 0.2) is 29.3 Å². The summed E-state index contributed by atoms with van der Waals surface area (Å²) in [6.07, 6.45) is 4.34.